The van der Waals surface area contributed by atoms with Gasteiger partial charge in [-0.1, -0.05) is 18.2 Å². The van der Waals surface area contributed by atoms with E-state index in [1.54, 1.807) is 35.3 Å². The molecule has 4 aromatic rings. The number of likely N-dealkylation sites (tertiary alicyclic amines) is 1. The van der Waals surface area contributed by atoms with Gasteiger partial charge in [0.2, 0.25) is 0 Å². The largest absolute Gasteiger partial charge is 0.481 e. The van der Waals surface area contributed by atoms with Crippen molar-refractivity contribution in [3.63, 3.8) is 0 Å². The summed E-state index contributed by atoms with van der Waals surface area (Å²) < 4.78 is 7.53. The smallest absolute Gasteiger partial charge is 0.275 e. The van der Waals surface area contributed by atoms with Crippen LogP contribution in [0.3, 0.4) is 0 Å². The number of nitrogens with zero attached hydrogens (tertiary/aromatic N) is 5. The SMILES string of the molecule is Cc1cc(C)n(-c2ncccc2NC(=O)c2csc(C3CCN(C(=O)C(C)Oc4ccccc4)CC3)n2)n1. The van der Waals surface area contributed by atoms with Crippen LogP contribution in [0.5, 0.6) is 5.75 Å². The molecule has 196 valence electrons. The fourth-order valence-electron chi connectivity index (χ4n) is 4.63. The third-order valence-corrected chi connectivity index (χ3v) is 7.57. The molecule has 1 N–H and O–H groups in total. The monoisotopic (exact) mass is 530 g/mol. The highest BCUT2D eigenvalue weighted by molar-refractivity contribution is 7.10. The summed E-state index contributed by atoms with van der Waals surface area (Å²) in [5, 5.41) is 10.1. The fourth-order valence-corrected chi connectivity index (χ4v) is 5.60. The summed E-state index contributed by atoms with van der Waals surface area (Å²) in [5.41, 5.74) is 2.74. The zero-order valence-electron chi connectivity index (χ0n) is 21.6. The lowest BCUT2D eigenvalue weighted by molar-refractivity contribution is -0.139. The number of carbonyl (C=O) groups is 2. The molecule has 3 aromatic heterocycles. The van der Waals surface area contributed by atoms with Crippen LogP contribution in [0.25, 0.3) is 5.82 Å². The van der Waals surface area contributed by atoms with Crippen molar-refractivity contribution in [2.24, 2.45) is 0 Å². The Hall–Kier alpha value is -4.05. The van der Waals surface area contributed by atoms with Gasteiger partial charge < -0.3 is 15.0 Å². The number of rotatable bonds is 7. The number of thiazole rings is 1. The van der Waals surface area contributed by atoms with E-state index in [1.165, 1.54) is 11.3 Å². The van der Waals surface area contributed by atoms with Gasteiger partial charge in [-0.3, -0.25) is 9.59 Å². The Kier molecular flexibility index (Phi) is 7.50. The first-order valence-corrected chi connectivity index (χ1v) is 13.5. The molecule has 1 atom stereocenters. The Morgan fingerprint density at radius 2 is 1.87 bits per heavy atom. The van der Waals surface area contributed by atoms with Crippen LogP contribution in [0.1, 0.15) is 52.6 Å². The highest BCUT2D eigenvalue weighted by atomic mass is 32.1. The molecule has 0 spiro atoms. The van der Waals surface area contributed by atoms with Crippen LogP contribution >= 0.6 is 11.3 Å². The molecule has 1 aliphatic heterocycles. The second kappa shape index (κ2) is 11.1. The van der Waals surface area contributed by atoms with Crippen LogP contribution < -0.4 is 10.1 Å². The van der Waals surface area contributed by atoms with Crippen molar-refractivity contribution in [1.82, 2.24) is 24.6 Å². The second-order valence-corrected chi connectivity index (χ2v) is 10.3. The van der Waals surface area contributed by atoms with Gasteiger partial charge in [0.15, 0.2) is 11.9 Å². The molecule has 38 heavy (non-hydrogen) atoms. The van der Waals surface area contributed by atoms with Crippen LogP contribution in [0.2, 0.25) is 0 Å². The van der Waals surface area contributed by atoms with Crippen molar-refractivity contribution in [3.8, 4) is 11.6 Å². The van der Waals surface area contributed by atoms with Crippen LogP contribution in [-0.2, 0) is 4.79 Å². The van der Waals surface area contributed by atoms with E-state index in [4.69, 9.17) is 4.74 Å². The van der Waals surface area contributed by atoms with E-state index in [2.05, 4.69) is 20.4 Å². The van der Waals surface area contributed by atoms with Gasteiger partial charge in [-0.15, -0.1) is 11.3 Å². The lowest BCUT2D eigenvalue weighted by Gasteiger charge is -2.32. The number of hydrogen-bond donors (Lipinski definition) is 1. The predicted octanol–water partition coefficient (Wildman–Crippen LogP) is 4.77. The number of pyridine rings is 1. The van der Waals surface area contributed by atoms with Crippen LogP contribution in [-0.4, -0.2) is 55.7 Å². The fraction of sp³-hybridized carbons (Fsp3) is 0.321. The van der Waals surface area contributed by atoms with Gasteiger partial charge in [0, 0.05) is 36.3 Å². The molecule has 1 saturated heterocycles. The summed E-state index contributed by atoms with van der Waals surface area (Å²) in [6, 6.07) is 14.9. The lowest BCUT2D eigenvalue weighted by atomic mass is 9.97. The van der Waals surface area contributed by atoms with Crippen molar-refractivity contribution in [2.75, 3.05) is 18.4 Å². The number of anilines is 1. The van der Waals surface area contributed by atoms with Crippen molar-refractivity contribution in [1.29, 1.82) is 0 Å². The summed E-state index contributed by atoms with van der Waals surface area (Å²) >= 11 is 1.49. The van der Waals surface area contributed by atoms with Gasteiger partial charge in [-0.05, 0) is 63.9 Å². The average Bonchev–Trinajstić information content (AvgIpc) is 3.55. The molecule has 1 aromatic carbocycles. The summed E-state index contributed by atoms with van der Waals surface area (Å²) in [6.45, 7) is 6.92. The molecule has 1 fully saturated rings. The molecule has 5 rings (SSSR count). The number of carbonyl (C=O) groups excluding carboxylic acids is 2. The van der Waals surface area contributed by atoms with Crippen LogP contribution in [0, 0.1) is 13.8 Å². The van der Waals surface area contributed by atoms with E-state index >= 15 is 0 Å². The molecule has 4 heterocycles. The topological polar surface area (TPSA) is 102 Å². The van der Waals surface area contributed by atoms with Crippen molar-refractivity contribution in [3.05, 3.63) is 82.2 Å². The van der Waals surface area contributed by atoms with E-state index in [0.717, 1.165) is 29.2 Å². The van der Waals surface area contributed by atoms with E-state index < -0.39 is 6.10 Å². The van der Waals surface area contributed by atoms with E-state index in [1.807, 2.05) is 55.1 Å². The van der Waals surface area contributed by atoms with Gasteiger partial charge in [-0.2, -0.15) is 5.10 Å². The zero-order valence-corrected chi connectivity index (χ0v) is 22.4. The Morgan fingerprint density at radius 1 is 1.11 bits per heavy atom. The number of aryl methyl sites for hydroxylation is 2. The number of amides is 2. The van der Waals surface area contributed by atoms with Crippen molar-refractivity contribution in [2.45, 2.75) is 45.6 Å². The number of benzene rings is 1. The summed E-state index contributed by atoms with van der Waals surface area (Å²) in [5.74, 6) is 1.15. The van der Waals surface area contributed by atoms with Gasteiger partial charge in [0.1, 0.15) is 11.4 Å². The molecule has 10 heteroatoms. The molecule has 0 bridgehead atoms. The van der Waals surface area contributed by atoms with Crippen molar-refractivity contribution >= 4 is 28.8 Å². The number of piperidine rings is 1. The summed E-state index contributed by atoms with van der Waals surface area (Å²) in [7, 11) is 0. The minimum atomic E-state index is -0.545. The van der Waals surface area contributed by atoms with Gasteiger partial charge in [-0.25, -0.2) is 14.6 Å². The molecule has 0 aliphatic carbocycles. The minimum Gasteiger partial charge on any atom is -0.481 e. The van der Waals surface area contributed by atoms with E-state index in [0.29, 0.717) is 36.0 Å². The molecule has 1 aliphatic rings. The summed E-state index contributed by atoms with van der Waals surface area (Å²) in [4.78, 5) is 36.9. The number of aromatic nitrogens is 4. The molecule has 0 saturated carbocycles. The molecule has 0 radical (unpaired) electrons. The third kappa shape index (κ3) is 5.60. The number of hydrogen-bond acceptors (Lipinski definition) is 7. The molecule has 9 nitrogen and oxygen atoms in total. The van der Waals surface area contributed by atoms with Crippen LogP contribution in [0.15, 0.2) is 60.1 Å². The highest BCUT2D eigenvalue weighted by Crippen LogP contribution is 2.31. The molecular formula is C28H30N6O3S. The number of nitrogens with one attached hydrogen (secondary N) is 1. The van der Waals surface area contributed by atoms with Gasteiger partial charge >= 0.3 is 0 Å². The Morgan fingerprint density at radius 3 is 2.58 bits per heavy atom. The normalized spacial score (nSPS) is 14.8. The first kappa shape index (κ1) is 25.6. The average molecular weight is 531 g/mol. The first-order valence-electron chi connectivity index (χ1n) is 12.6. The second-order valence-electron chi connectivity index (χ2n) is 9.41. The molecule has 1 unspecified atom stereocenters. The Balaban J connectivity index is 1.19. The zero-order chi connectivity index (χ0) is 26.6. The molecule has 2 amide bonds. The summed E-state index contributed by atoms with van der Waals surface area (Å²) in [6.07, 6.45) is 2.72. The first-order chi connectivity index (χ1) is 18.4. The van der Waals surface area contributed by atoms with E-state index in [-0.39, 0.29) is 17.7 Å². The maximum absolute atomic E-state index is 13.1. The quantitative estimate of drug-likeness (QED) is 0.369. The minimum absolute atomic E-state index is 0.0126. The van der Waals surface area contributed by atoms with Gasteiger partial charge in [0.25, 0.3) is 11.8 Å². The Bertz CT molecular complexity index is 1430. The van der Waals surface area contributed by atoms with Crippen molar-refractivity contribution < 1.29 is 14.3 Å². The maximum Gasteiger partial charge on any atom is 0.275 e. The predicted molar refractivity (Wildman–Crippen MR) is 146 cm³/mol. The third-order valence-electron chi connectivity index (χ3n) is 6.56. The maximum atomic E-state index is 13.1. The molecular weight excluding hydrogens is 500 g/mol. The highest BCUT2D eigenvalue weighted by Gasteiger charge is 2.29. The Labute approximate surface area is 225 Å². The number of ether oxygens (including phenoxy) is 1. The van der Waals surface area contributed by atoms with E-state index in [9.17, 15) is 9.59 Å². The lowest BCUT2D eigenvalue weighted by Crippen LogP contribution is -2.44. The van der Waals surface area contributed by atoms with Gasteiger partial charge in [0.05, 0.1) is 16.4 Å². The standard InChI is InChI=1S/C28H30N6O3S/c1-18-16-19(2)34(32-18)25-23(10-7-13-29-25)30-26(35)24-17-38-27(31-24)21-11-14-33(15-12-21)28(36)20(3)37-22-8-5-4-6-9-22/h4-10,13,16-17,20-21H,11-12,14-15H2,1-3H3,(H,30,35). The number of para-hydroxylation sites is 1. The van der Waals surface area contributed by atoms with Crippen LogP contribution in [0.4, 0.5) is 5.69 Å².